The summed E-state index contributed by atoms with van der Waals surface area (Å²) in [6.45, 7) is 15.0. The van der Waals surface area contributed by atoms with Gasteiger partial charge in [-0.25, -0.2) is 0 Å². The summed E-state index contributed by atoms with van der Waals surface area (Å²) in [5, 5.41) is 0. The van der Waals surface area contributed by atoms with E-state index in [1.54, 1.807) is 11.1 Å². The highest BCUT2D eigenvalue weighted by Gasteiger charge is 2.33. The lowest BCUT2D eigenvalue weighted by molar-refractivity contribution is 0.516. The Bertz CT molecular complexity index is 457. The zero-order valence-corrected chi connectivity index (χ0v) is 13.0. The molecule has 0 N–H and O–H groups in total. The van der Waals surface area contributed by atoms with E-state index in [2.05, 4.69) is 59.6 Å². The summed E-state index contributed by atoms with van der Waals surface area (Å²) in [6, 6.07) is 2.42. The maximum atomic E-state index is 2.47. The molecule has 100 valence electrons. The van der Waals surface area contributed by atoms with E-state index in [1.807, 2.05) is 0 Å². The third-order valence-electron chi connectivity index (χ3n) is 4.53. The van der Waals surface area contributed by atoms with Gasteiger partial charge >= 0.3 is 0 Å². The second-order valence-corrected chi connectivity index (χ2v) is 6.56. The number of anilines is 1. The van der Waals surface area contributed by atoms with Crippen molar-refractivity contribution in [2.75, 3.05) is 18.5 Å². The highest BCUT2D eigenvalue weighted by atomic mass is 15.1. The molecule has 0 aromatic heterocycles. The minimum atomic E-state index is 0.616. The third-order valence-corrected chi connectivity index (χ3v) is 4.53. The van der Waals surface area contributed by atoms with Crippen molar-refractivity contribution in [3.63, 3.8) is 0 Å². The highest BCUT2D eigenvalue weighted by Crippen LogP contribution is 2.46. The van der Waals surface area contributed by atoms with Crippen molar-refractivity contribution in [1.82, 2.24) is 0 Å². The van der Waals surface area contributed by atoms with Crippen LogP contribution >= 0.6 is 0 Å². The lowest BCUT2D eigenvalue weighted by atomic mass is 9.82. The highest BCUT2D eigenvalue weighted by molar-refractivity contribution is 5.69. The predicted molar refractivity (Wildman–Crippen MR) is 80.9 cm³/mol. The smallest absolute Gasteiger partial charge is 0.0435 e. The monoisotopic (exact) mass is 245 g/mol. The molecule has 0 bridgehead atoms. The second kappa shape index (κ2) is 4.60. The molecule has 1 nitrogen and oxygen atoms in total. The van der Waals surface area contributed by atoms with Crippen molar-refractivity contribution in [3.05, 3.63) is 28.3 Å². The SMILES string of the molecule is Cc1cc(C(C)C)c2c(c1C)N(C)CC2C(C)C. The summed E-state index contributed by atoms with van der Waals surface area (Å²) >= 11 is 0. The summed E-state index contributed by atoms with van der Waals surface area (Å²) in [7, 11) is 2.25. The van der Waals surface area contributed by atoms with Crippen molar-refractivity contribution in [1.29, 1.82) is 0 Å². The number of aryl methyl sites for hydroxylation is 1. The molecule has 1 aliphatic heterocycles. The zero-order valence-electron chi connectivity index (χ0n) is 13.0. The zero-order chi connectivity index (χ0) is 13.6. The summed E-state index contributed by atoms with van der Waals surface area (Å²) in [4.78, 5) is 2.47. The number of fused-ring (bicyclic) bond motifs is 1. The fraction of sp³-hybridized carbons (Fsp3) is 0.647. The van der Waals surface area contributed by atoms with E-state index in [-0.39, 0.29) is 0 Å². The maximum absolute atomic E-state index is 2.47. The normalized spacial score (nSPS) is 18.9. The number of nitrogens with zero attached hydrogens (tertiary/aromatic N) is 1. The van der Waals surface area contributed by atoms with Gasteiger partial charge in [0, 0.05) is 25.2 Å². The first-order chi connectivity index (χ1) is 8.34. The van der Waals surface area contributed by atoms with Crippen molar-refractivity contribution in [2.24, 2.45) is 5.92 Å². The van der Waals surface area contributed by atoms with E-state index >= 15 is 0 Å². The largest absolute Gasteiger partial charge is 0.374 e. The molecule has 0 saturated heterocycles. The molecule has 0 radical (unpaired) electrons. The molecule has 0 aliphatic carbocycles. The van der Waals surface area contributed by atoms with Crippen LogP contribution in [0.15, 0.2) is 6.07 Å². The Labute approximate surface area is 112 Å². The standard InChI is InChI=1S/C17H27N/c1-10(2)14-8-12(5)13(6)17-16(14)15(11(3)4)9-18(17)7/h8,10-11,15H,9H2,1-7H3. The first-order valence-corrected chi connectivity index (χ1v) is 7.19. The van der Waals surface area contributed by atoms with Crippen molar-refractivity contribution in [3.8, 4) is 0 Å². The summed E-state index contributed by atoms with van der Waals surface area (Å²) in [6.07, 6.45) is 0. The lowest BCUT2D eigenvalue weighted by Gasteiger charge is -2.22. The van der Waals surface area contributed by atoms with Gasteiger partial charge in [-0.3, -0.25) is 0 Å². The van der Waals surface area contributed by atoms with E-state index in [4.69, 9.17) is 0 Å². The molecular weight excluding hydrogens is 218 g/mol. The second-order valence-electron chi connectivity index (χ2n) is 6.56. The van der Waals surface area contributed by atoms with E-state index in [1.165, 1.54) is 23.4 Å². The van der Waals surface area contributed by atoms with Gasteiger partial charge in [0.15, 0.2) is 0 Å². The van der Waals surface area contributed by atoms with Crippen LogP contribution in [0, 0.1) is 19.8 Å². The van der Waals surface area contributed by atoms with Gasteiger partial charge in [-0.15, -0.1) is 0 Å². The average molecular weight is 245 g/mol. The topological polar surface area (TPSA) is 3.24 Å². The third kappa shape index (κ3) is 1.94. The van der Waals surface area contributed by atoms with Gasteiger partial charge in [0.25, 0.3) is 0 Å². The van der Waals surface area contributed by atoms with Gasteiger partial charge in [0.2, 0.25) is 0 Å². The van der Waals surface area contributed by atoms with Crippen LogP contribution in [0.25, 0.3) is 0 Å². The summed E-state index contributed by atoms with van der Waals surface area (Å²) in [5.41, 5.74) is 7.62. The van der Waals surface area contributed by atoms with Crippen LogP contribution in [0.4, 0.5) is 5.69 Å². The van der Waals surface area contributed by atoms with Gasteiger partial charge in [0.05, 0.1) is 0 Å². The quantitative estimate of drug-likeness (QED) is 0.735. The van der Waals surface area contributed by atoms with Gasteiger partial charge in [0.1, 0.15) is 0 Å². The Kier molecular flexibility index (Phi) is 3.44. The molecule has 0 spiro atoms. The first kappa shape index (κ1) is 13.5. The van der Waals surface area contributed by atoms with Crippen molar-refractivity contribution in [2.45, 2.75) is 53.4 Å². The molecular formula is C17H27N. The van der Waals surface area contributed by atoms with Crippen LogP contribution in [-0.2, 0) is 0 Å². The average Bonchev–Trinajstić information content (AvgIpc) is 2.61. The number of benzene rings is 1. The summed E-state index contributed by atoms with van der Waals surface area (Å²) < 4.78 is 0. The summed E-state index contributed by atoms with van der Waals surface area (Å²) in [5.74, 6) is 2.03. The number of hydrogen-bond donors (Lipinski definition) is 0. The minimum Gasteiger partial charge on any atom is -0.374 e. The molecule has 2 rings (SSSR count). The minimum absolute atomic E-state index is 0.616. The molecule has 1 aromatic rings. The Morgan fingerprint density at radius 3 is 2.28 bits per heavy atom. The molecule has 18 heavy (non-hydrogen) atoms. The molecule has 1 aliphatic rings. The van der Waals surface area contributed by atoms with Crippen LogP contribution in [0.3, 0.4) is 0 Å². The Balaban J connectivity index is 2.70. The number of rotatable bonds is 2. The molecule has 1 heterocycles. The number of hydrogen-bond acceptors (Lipinski definition) is 1. The predicted octanol–water partition coefficient (Wildman–Crippen LogP) is 4.62. The van der Waals surface area contributed by atoms with E-state index in [9.17, 15) is 0 Å². The van der Waals surface area contributed by atoms with Gasteiger partial charge < -0.3 is 4.90 Å². The fourth-order valence-corrected chi connectivity index (χ4v) is 3.33. The van der Waals surface area contributed by atoms with Crippen LogP contribution in [0.2, 0.25) is 0 Å². The number of likely N-dealkylation sites (N-methyl/N-ethyl adjacent to an activating group) is 1. The van der Waals surface area contributed by atoms with Crippen LogP contribution in [0.5, 0.6) is 0 Å². The molecule has 1 unspecified atom stereocenters. The van der Waals surface area contributed by atoms with Crippen LogP contribution in [0.1, 0.15) is 61.8 Å². The lowest BCUT2D eigenvalue weighted by Crippen LogP contribution is -2.18. The van der Waals surface area contributed by atoms with Crippen molar-refractivity contribution < 1.29 is 0 Å². The van der Waals surface area contributed by atoms with Gasteiger partial charge in [-0.05, 0) is 47.9 Å². The molecule has 0 amide bonds. The fourth-order valence-electron chi connectivity index (χ4n) is 3.33. The van der Waals surface area contributed by atoms with E-state index < -0.39 is 0 Å². The Morgan fingerprint density at radius 1 is 1.17 bits per heavy atom. The Morgan fingerprint density at radius 2 is 1.78 bits per heavy atom. The molecule has 0 saturated carbocycles. The maximum Gasteiger partial charge on any atom is 0.0435 e. The molecule has 0 fully saturated rings. The van der Waals surface area contributed by atoms with Crippen LogP contribution < -0.4 is 4.90 Å². The molecule has 1 heteroatoms. The Hall–Kier alpha value is -0.980. The van der Waals surface area contributed by atoms with Gasteiger partial charge in [-0.2, -0.15) is 0 Å². The van der Waals surface area contributed by atoms with Crippen LogP contribution in [-0.4, -0.2) is 13.6 Å². The molecule has 1 aromatic carbocycles. The van der Waals surface area contributed by atoms with Gasteiger partial charge in [-0.1, -0.05) is 33.8 Å². The first-order valence-electron chi connectivity index (χ1n) is 7.19. The van der Waals surface area contributed by atoms with E-state index in [0.717, 1.165) is 0 Å². The molecule has 1 atom stereocenters. The van der Waals surface area contributed by atoms with Crippen molar-refractivity contribution >= 4 is 5.69 Å². The van der Waals surface area contributed by atoms with E-state index in [0.29, 0.717) is 17.8 Å².